The molecule has 0 unspecified atom stereocenters. The number of nitrogen functional groups attached to an aromatic ring is 1. The molecule has 0 aliphatic rings. The molecule has 0 saturated heterocycles. The molecular weight excluding hydrogens is 264 g/mol. The number of benzene rings is 2. The van der Waals surface area contributed by atoms with Crippen LogP contribution in [0.4, 0.5) is 0 Å². The highest BCUT2D eigenvalue weighted by molar-refractivity contribution is 7.99. The number of hydrogen-bond donors (Lipinski definition) is 2. The third kappa shape index (κ3) is 2.86. The quantitative estimate of drug-likeness (QED) is 0.655. The number of rotatable bonds is 3. The first-order valence-electron chi connectivity index (χ1n) is 5.45. The van der Waals surface area contributed by atoms with Crippen molar-refractivity contribution < 1.29 is 0 Å². The van der Waals surface area contributed by atoms with E-state index in [0.29, 0.717) is 10.6 Å². The summed E-state index contributed by atoms with van der Waals surface area (Å²) in [5.41, 5.74) is 7.29. The van der Waals surface area contributed by atoms with Gasteiger partial charge in [-0.05, 0) is 30.7 Å². The van der Waals surface area contributed by atoms with E-state index in [-0.39, 0.29) is 5.84 Å². The van der Waals surface area contributed by atoms with Gasteiger partial charge in [-0.3, -0.25) is 5.41 Å². The Morgan fingerprint density at radius 3 is 2.50 bits per heavy atom. The minimum atomic E-state index is 0.0318. The van der Waals surface area contributed by atoms with E-state index in [1.807, 2.05) is 24.3 Å². The minimum Gasteiger partial charge on any atom is -0.384 e. The van der Waals surface area contributed by atoms with Gasteiger partial charge in [0.1, 0.15) is 5.84 Å². The Hall–Kier alpha value is -1.45. The molecule has 92 valence electrons. The molecule has 2 aromatic carbocycles. The van der Waals surface area contributed by atoms with E-state index in [1.165, 1.54) is 10.5 Å². The van der Waals surface area contributed by atoms with Crippen molar-refractivity contribution in [1.29, 1.82) is 5.41 Å². The van der Waals surface area contributed by atoms with Crippen LogP contribution in [0.3, 0.4) is 0 Å². The van der Waals surface area contributed by atoms with Crippen molar-refractivity contribution in [1.82, 2.24) is 0 Å². The average Bonchev–Trinajstić information content (AvgIpc) is 2.34. The molecule has 0 amide bonds. The van der Waals surface area contributed by atoms with Gasteiger partial charge in [0.15, 0.2) is 0 Å². The monoisotopic (exact) mass is 276 g/mol. The van der Waals surface area contributed by atoms with E-state index in [2.05, 4.69) is 19.1 Å². The highest BCUT2D eigenvalue weighted by Gasteiger charge is 2.06. The standard InChI is InChI=1S/C14H13ClN2S/c1-9-4-2-3-5-12(9)18-13-7-6-10(14(16)17)8-11(13)15/h2-8H,1H3,(H3,16,17). The van der Waals surface area contributed by atoms with Crippen molar-refractivity contribution in [3.63, 3.8) is 0 Å². The second kappa shape index (κ2) is 5.46. The summed E-state index contributed by atoms with van der Waals surface area (Å²) in [7, 11) is 0. The predicted octanol–water partition coefficient (Wildman–Crippen LogP) is 4.08. The van der Waals surface area contributed by atoms with Gasteiger partial charge in [-0.25, -0.2) is 0 Å². The summed E-state index contributed by atoms with van der Waals surface area (Å²) in [5, 5.41) is 7.99. The Bertz CT molecular complexity index is 596. The third-order valence-corrected chi connectivity index (χ3v) is 4.24. The fourth-order valence-electron chi connectivity index (χ4n) is 1.54. The molecule has 2 rings (SSSR count). The fraction of sp³-hybridized carbons (Fsp3) is 0.0714. The lowest BCUT2D eigenvalue weighted by Crippen LogP contribution is -2.10. The maximum atomic E-state index is 7.37. The van der Waals surface area contributed by atoms with Gasteiger partial charge in [0, 0.05) is 15.4 Å². The number of halogens is 1. The van der Waals surface area contributed by atoms with Crippen LogP contribution in [0.2, 0.25) is 5.02 Å². The van der Waals surface area contributed by atoms with E-state index in [1.54, 1.807) is 17.8 Å². The molecule has 2 aromatic rings. The van der Waals surface area contributed by atoms with Gasteiger partial charge in [-0.1, -0.05) is 47.6 Å². The van der Waals surface area contributed by atoms with Gasteiger partial charge in [-0.15, -0.1) is 0 Å². The van der Waals surface area contributed by atoms with Crippen LogP contribution in [-0.4, -0.2) is 5.84 Å². The maximum Gasteiger partial charge on any atom is 0.122 e. The van der Waals surface area contributed by atoms with Crippen molar-refractivity contribution in [3.05, 3.63) is 58.6 Å². The molecule has 0 radical (unpaired) electrons. The molecule has 0 aliphatic carbocycles. The predicted molar refractivity (Wildman–Crippen MR) is 77.8 cm³/mol. The normalized spacial score (nSPS) is 10.3. The Balaban J connectivity index is 2.30. The van der Waals surface area contributed by atoms with Crippen LogP contribution in [0.5, 0.6) is 0 Å². The molecule has 0 aliphatic heterocycles. The molecule has 0 heterocycles. The second-order valence-electron chi connectivity index (χ2n) is 3.93. The fourth-order valence-corrected chi connectivity index (χ4v) is 2.74. The van der Waals surface area contributed by atoms with Crippen molar-refractivity contribution in [3.8, 4) is 0 Å². The first-order valence-corrected chi connectivity index (χ1v) is 6.65. The average molecular weight is 277 g/mol. The zero-order valence-electron chi connectivity index (χ0n) is 9.91. The second-order valence-corrected chi connectivity index (χ2v) is 5.42. The molecule has 0 aromatic heterocycles. The van der Waals surface area contributed by atoms with Crippen LogP contribution in [0.1, 0.15) is 11.1 Å². The van der Waals surface area contributed by atoms with Gasteiger partial charge in [0.25, 0.3) is 0 Å². The lowest BCUT2D eigenvalue weighted by molar-refractivity contribution is 1.29. The van der Waals surface area contributed by atoms with Gasteiger partial charge >= 0.3 is 0 Å². The van der Waals surface area contributed by atoms with E-state index in [9.17, 15) is 0 Å². The van der Waals surface area contributed by atoms with Gasteiger partial charge in [-0.2, -0.15) is 0 Å². The van der Waals surface area contributed by atoms with E-state index in [4.69, 9.17) is 22.7 Å². The van der Waals surface area contributed by atoms with Crippen molar-refractivity contribution in [2.75, 3.05) is 0 Å². The number of hydrogen-bond acceptors (Lipinski definition) is 2. The topological polar surface area (TPSA) is 49.9 Å². The summed E-state index contributed by atoms with van der Waals surface area (Å²) >= 11 is 7.82. The largest absolute Gasteiger partial charge is 0.384 e. The Labute approximate surface area is 116 Å². The zero-order valence-corrected chi connectivity index (χ0v) is 11.5. The molecule has 0 fully saturated rings. The summed E-state index contributed by atoms with van der Waals surface area (Å²) in [6.45, 7) is 2.07. The first-order chi connectivity index (χ1) is 8.58. The van der Waals surface area contributed by atoms with Crippen LogP contribution in [-0.2, 0) is 0 Å². The van der Waals surface area contributed by atoms with Crippen LogP contribution in [0, 0.1) is 12.3 Å². The Kier molecular flexibility index (Phi) is 3.94. The first kappa shape index (κ1) is 13.0. The molecular formula is C14H13ClN2S. The SMILES string of the molecule is Cc1ccccc1Sc1ccc(C(=N)N)cc1Cl. The minimum absolute atomic E-state index is 0.0318. The summed E-state index contributed by atoms with van der Waals surface area (Å²) < 4.78 is 0. The molecule has 4 heteroatoms. The number of amidine groups is 1. The van der Waals surface area contributed by atoms with Crippen molar-refractivity contribution in [2.45, 2.75) is 16.7 Å². The van der Waals surface area contributed by atoms with E-state index >= 15 is 0 Å². The van der Waals surface area contributed by atoms with Gasteiger partial charge < -0.3 is 5.73 Å². The summed E-state index contributed by atoms with van der Waals surface area (Å²) in [4.78, 5) is 2.14. The summed E-state index contributed by atoms with van der Waals surface area (Å²) in [5.74, 6) is 0.0318. The van der Waals surface area contributed by atoms with Crippen molar-refractivity contribution in [2.24, 2.45) is 5.73 Å². The zero-order chi connectivity index (χ0) is 13.1. The van der Waals surface area contributed by atoms with Crippen LogP contribution >= 0.6 is 23.4 Å². The molecule has 2 nitrogen and oxygen atoms in total. The highest BCUT2D eigenvalue weighted by atomic mass is 35.5. The number of nitrogens with one attached hydrogen (secondary N) is 1. The Morgan fingerprint density at radius 1 is 1.17 bits per heavy atom. The van der Waals surface area contributed by atoms with Gasteiger partial charge in [0.2, 0.25) is 0 Å². The van der Waals surface area contributed by atoms with Crippen LogP contribution in [0.15, 0.2) is 52.3 Å². The molecule has 3 N–H and O–H groups in total. The van der Waals surface area contributed by atoms with Crippen molar-refractivity contribution >= 4 is 29.2 Å². The summed E-state index contributed by atoms with van der Waals surface area (Å²) in [6.07, 6.45) is 0. The lowest BCUT2D eigenvalue weighted by atomic mass is 10.2. The maximum absolute atomic E-state index is 7.37. The molecule has 0 atom stereocenters. The lowest BCUT2D eigenvalue weighted by Gasteiger charge is -2.08. The Morgan fingerprint density at radius 2 is 1.89 bits per heavy atom. The highest BCUT2D eigenvalue weighted by Crippen LogP contribution is 2.35. The molecule has 0 spiro atoms. The van der Waals surface area contributed by atoms with Crippen LogP contribution < -0.4 is 5.73 Å². The summed E-state index contributed by atoms with van der Waals surface area (Å²) in [6, 6.07) is 13.6. The molecule has 0 saturated carbocycles. The molecule has 0 bridgehead atoms. The molecule has 18 heavy (non-hydrogen) atoms. The van der Waals surface area contributed by atoms with E-state index < -0.39 is 0 Å². The third-order valence-electron chi connectivity index (χ3n) is 2.56. The smallest absolute Gasteiger partial charge is 0.122 e. The van der Waals surface area contributed by atoms with E-state index in [0.717, 1.165) is 4.90 Å². The van der Waals surface area contributed by atoms with Crippen LogP contribution in [0.25, 0.3) is 0 Å². The number of nitrogens with two attached hydrogens (primary N) is 1. The number of aryl methyl sites for hydroxylation is 1. The van der Waals surface area contributed by atoms with Gasteiger partial charge in [0.05, 0.1) is 5.02 Å².